The molecule has 0 radical (unpaired) electrons. The van der Waals surface area contributed by atoms with Crippen LogP contribution < -0.4 is 0 Å². The fourth-order valence-electron chi connectivity index (χ4n) is 3.00. The van der Waals surface area contributed by atoms with Crippen molar-refractivity contribution in [3.8, 4) is 0 Å². The molecule has 1 aliphatic rings. The van der Waals surface area contributed by atoms with E-state index in [1.54, 1.807) is 0 Å². The number of hydrogen-bond donors (Lipinski definition) is 0. The summed E-state index contributed by atoms with van der Waals surface area (Å²) in [6.45, 7) is -0.651. The highest BCUT2D eigenvalue weighted by molar-refractivity contribution is 6.10. The minimum Gasteiger partial charge on any atom is -0.465 e. The number of hydrogen-bond acceptors (Lipinski definition) is 4. The van der Waals surface area contributed by atoms with Crippen molar-refractivity contribution in [2.24, 2.45) is 5.41 Å². The smallest absolute Gasteiger partial charge is 0.417 e. The lowest BCUT2D eigenvalue weighted by molar-refractivity contribution is -0.182. The second-order valence-corrected chi connectivity index (χ2v) is 5.68. The van der Waals surface area contributed by atoms with E-state index in [0.717, 1.165) is 13.8 Å². The maximum Gasteiger partial charge on any atom is 0.417 e. The molecule has 0 heterocycles. The third-order valence-corrected chi connectivity index (χ3v) is 3.80. The van der Waals surface area contributed by atoms with E-state index in [1.807, 2.05) is 0 Å². The van der Waals surface area contributed by atoms with E-state index in [1.165, 1.54) is 0 Å². The van der Waals surface area contributed by atoms with E-state index in [4.69, 9.17) is 0 Å². The number of carbonyl (C=O) groups is 2. The lowest BCUT2D eigenvalue weighted by Crippen LogP contribution is -2.51. The van der Waals surface area contributed by atoms with Gasteiger partial charge in [0.15, 0.2) is 0 Å². The standard InChI is InChI=1S/C15H10F12O4/c1-3-30-9(28)11(10(29)31-4-2)7(14(22,23)24)5(12(16,17)18)6(13(19,20)21)8(11)15(25,26)27/h3-4H2,1-2H3. The summed E-state index contributed by atoms with van der Waals surface area (Å²) < 4.78 is 170. The quantitative estimate of drug-likeness (QED) is 0.323. The Morgan fingerprint density at radius 1 is 0.613 bits per heavy atom. The monoisotopic (exact) mass is 482 g/mol. The summed E-state index contributed by atoms with van der Waals surface area (Å²) in [5.41, 5.74) is -20.5. The van der Waals surface area contributed by atoms with E-state index >= 15 is 0 Å². The van der Waals surface area contributed by atoms with Gasteiger partial charge < -0.3 is 9.47 Å². The highest BCUT2D eigenvalue weighted by Crippen LogP contribution is 2.64. The van der Waals surface area contributed by atoms with Crippen molar-refractivity contribution in [3.63, 3.8) is 0 Å². The number of carbonyl (C=O) groups excluding carboxylic acids is 2. The van der Waals surface area contributed by atoms with Crippen molar-refractivity contribution in [1.82, 2.24) is 0 Å². The van der Waals surface area contributed by atoms with Crippen LogP contribution in [0.15, 0.2) is 22.3 Å². The highest BCUT2D eigenvalue weighted by Gasteiger charge is 2.77. The third-order valence-electron chi connectivity index (χ3n) is 3.80. The molecule has 1 aliphatic carbocycles. The maximum atomic E-state index is 13.6. The Bertz CT molecular complexity index is 740. The number of halogens is 12. The van der Waals surface area contributed by atoms with Gasteiger partial charge in [0.25, 0.3) is 0 Å². The van der Waals surface area contributed by atoms with Gasteiger partial charge in [-0.3, -0.25) is 9.59 Å². The predicted molar refractivity (Wildman–Crippen MR) is 74.0 cm³/mol. The predicted octanol–water partition coefficient (Wildman–Crippen LogP) is 4.96. The van der Waals surface area contributed by atoms with Crippen LogP contribution in [0.3, 0.4) is 0 Å². The molecule has 16 heteroatoms. The average molecular weight is 482 g/mol. The SMILES string of the molecule is CCOC(=O)C1(C(=O)OCC)C(C(F)(F)F)=C(C(F)(F)F)C(C(F)(F)F)=C1C(F)(F)F. The van der Waals surface area contributed by atoms with Crippen LogP contribution in [-0.4, -0.2) is 49.9 Å². The Labute approximate surface area is 164 Å². The topological polar surface area (TPSA) is 52.6 Å². The van der Waals surface area contributed by atoms with Crippen molar-refractivity contribution < 1.29 is 71.7 Å². The fourth-order valence-corrected chi connectivity index (χ4v) is 3.00. The second kappa shape index (κ2) is 7.93. The molecule has 0 aliphatic heterocycles. The highest BCUT2D eigenvalue weighted by atomic mass is 19.4. The largest absolute Gasteiger partial charge is 0.465 e. The van der Waals surface area contributed by atoms with Crippen molar-refractivity contribution in [1.29, 1.82) is 0 Å². The molecule has 0 saturated heterocycles. The zero-order chi connectivity index (χ0) is 24.8. The minimum atomic E-state index is -6.73. The number of alkyl halides is 12. The lowest BCUT2D eigenvalue weighted by atomic mass is 9.75. The molecule has 0 N–H and O–H groups in total. The van der Waals surface area contributed by atoms with E-state index in [-0.39, 0.29) is 0 Å². The first-order valence-corrected chi connectivity index (χ1v) is 7.83. The number of ether oxygens (including phenoxy) is 2. The molecule has 0 unspecified atom stereocenters. The Morgan fingerprint density at radius 2 is 0.871 bits per heavy atom. The van der Waals surface area contributed by atoms with E-state index in [2.05, 4.69) is 9.47 Å². The fraction of sp³-hybridized carbons (Fsp3) is 0.600. The zero-order valence-electron chi connectivity index (χ0n) is 15.1. The molecule has 178 valence electrons. The van der Waals surface area contributed by atoms with Crippen molar-refractivity contribution in [2.45, 2.75) is 38.6 Å². The lowest BCUT2D eigenvalue weighted by Gasteiger charge is -2.32. The molecule has 0 amide bonds. The van der Waals surface area contributed by atoms with Crippen LogP contribution in [0.1, 0.15) is 13.8 Å². The number of allylic oxidation sites excluding steroid dienone is 2. The first kappa shape index (κ1) is 26.6. The summed E-state index contributed by atoms with van der Waals surface area (Å²) in [5, 5.41) is 0. The van der Waals surface area contributed by atoms with E-state index in [0.29, 0.717) is 0 Å². The average Bonchev–Trinajstić information content (AvgIpc) is 2.88. The first-order chi connectivity index (χ1) is 13.7. The van der Waals surface area contributed by atoms with Crippen LogP contribution >= 0.6 is 0 Å². The van der Waals surface area contributed by atoms with Gasteiger partial charge in [-0.05, 0) is 13.8 Å². The molecule has 0 aromatic heterocycles. The summed E-state index contributed by atoms with van der Waals surface area (Å²) in [4.78, 5) is 24.4. The van der Waals surface area contributed by atoms with Gasteiger partial charge >= 0.3 is 36.6 Å². The Morgan fingerprint density at radius 3 is 1.03 bits per heavy atom. The summed E-state index contributed by atoms with van der Waals surface area (Å²) in [7, 11) is 0. The summed E-state index contributed by atoms with van der Waals surface area (Å²) >= 11 is 0. The van der Waals surface area contributed by atoms with E-state index in [9.17, 15) is 62.3 Å². The molecule has 0 bridgehead atoms. The zero-order valence-corrected chi connectivity index (χ0v) is 15.1. The molecule has 0 atom stereocenters. The Hall–Kier alpha value is -2.42. The van der Waals surface area contributed by atoms with Crippen LogP contribution in [-0.2, 0) is 19.1 Å². The molecule has 0 saturated carbocycles. The number of esters is 2. The van der Waals surface area contributed by atoms with Crippen molar-refractivity contribution >= 4 is 11.9 Å². The molecule has 0 spiro atoms. The molecule has 4 nitrogen and oxygen atoms in total. The van der Waals surface area contributed by atoms with Crippen LogP contribution in [0.25, 0.3) is 0 Å². The Kier molecular flexibility index (Phi) is 6.81. The molecule has 0 aromatic carbocycles. The summed E-state index contributed by atoms with van der Waals surface area (Å²) in [5.74, 6) is -5.93. The van der Waals surface area contributed by atoms with Gasteiger partial charge in [-0.2, -0.15) is 52.7 Å². The van der Waals surface area contributed by atoms with E-state index < -0.39 is 77.6 Å². The van der Waals surface area contributed by atoms with Gasteiger partial charge in [0.1, 0.15) is 0 Å². The molecule has 31 heavy (non-hydrogen) atoms. The van der Waals surface area contributed by atoms with Gasteiger partial charge in [0.2, 0.25) is 5.41 Å². The van der Waals surface area contributed by atoms with Crippen molar-refractivity contribution in [2.75, 3.05) is 13.2 Å². The van der Waals surface area contributed by atoms with Crippen molar-refractivity contribution in [3.05, 3.63) is 22.3 Å². The van der Waals surface area contributed by atoms with Crippen LogP contribution in [0.4, 0.5) is 52.7 Å². The summed E-state index contributed by atoms with van der Waals surface area (Å²) in [6, 6.07) is 0. The van der Waals surface area contributed by atoms with Gasteiger partial charge in [0, 0.05) is 0 Å². The number of rotatable bonds is 4. The molecular formula is C15H10F12O4. The molecular weight excluding hydrogens is 472 g/mol. The van der Waals surface area contributed by atoms with Gasteiger partial charge in [-0.1, -0.05) is 0 Å². The normalized spacial score (nSPS) is 17.9. The summed E-state index contributed by atoms with van der Waals surface area (Å²) in [6.07, 6.45) is -26.8. The molecule has 0 aromatic rings. The Balaban J connectivity index is 4.55. The first-order valence-electron chi connectivity index (χ1n) is 7.83. The van der Waals surface area contributed by atoms with Crippen LogP contribution in [0, 0.1) is 5.41 Å². The maximum absolute atomic E-state index is 13.6. The van der Waals surface area contributed by atoms with Crippen LogP contribution in [0.2, 0.25) is 0 Å². The van der Waals surface area contributed by atoms with Gasteiger partial charge in [-0.15, -0.1) is 0 Å². The van der Waals surface area contributed by atoms with Gasteiger partial charge in [0.05, 0.1) is 35.5 Å². The minimum absolute atomic E-state index is 0.773. The van der Waals surface area contributed by atoms with Crippen LogP contribution in [0.5, 0.6) is 0 Å². The molecule has 1 rings (SSSR count). The third kappa shape index (κ3) is 4.46. The van der Waals surface area contributed by atoms with Gasteiger partial charge in [-0.25, -0.2) is 0 Å². The second-order valence-electron chi connectivity index (χ2n) is 5.68. The molecule has 0 fully saturated rings.